The lowest BCUT2D eigenvalue weighted by atomic mass is 10.0. The number of aliphatic hydroxyl groups is 2. The highest BCUT2D eigenvalue weighted by Crippen LogP contribution is 2.38. The second kappa shape index (κ2) is 36.3. The van der Waals surface area contributed by atoms with E-state index in [1.165, 1.54) is 70.6 Å². The number of carbonyl (C=O) groups excluding carboxylic acids is 1. The molecule has 0 aliphatic carbocycles. The van der Waals surface area contributed by atoms with E-state index in [0.717, 1.165) is 44.9 Å². The van der Waals surface area contributed by atoms with E-state index in [1.54, 1.807) is 24.5 Å². The van der Waals surface area contributed by atoms with E-state index >= 15 is 0 Å². The van der Waals surface area contributed by atoms with Crippen LogP contribution in [0.2, 0.25) is 0 Å². The van der Waals surface area contributed by atoms with Gasteiger partial charge in [-0.2, -0.15) is 0 Å². The second-order valence-corrected chi connectivity index (χ2v) is 16.9. The van der Waals surface area contributed by atoms with Crippen molar-refractivity contribution < 1.29 is 47.5 Å². The van der Waals surface area contributed by atoms with Crippen LogP contribution >= 0.6 is 7.82 Å². The average molecular weight is 798 g/mol. The van der Waals surface area contributed by atoms with Gasteiger partial charge >= 0.3 is 5.97 Å². The Labute approximate surface area is 336 Å². The monoisotopic (exact) mass is 798 g/mol. The Hall–Kier alpha value is -2.04. The zero-order valence-electron chi connectivity index (χ0n) is 35.3. The second-order valence-electron chi connectivity index (χ2n) is 15.5. The number of allylic oxidation sites excluding steroid dienone is 7. The topological polar surface area (TPSA) is 135 Å². The van der Waals surface area contributed by atoms with Crippen LogP contribution < -0.4 is 4.89 Å². The van der Waals surface area contributed by atoms with Crippen LogP contribution in [0.1, 0.15) is 149 Å². The molecular formula is C44H80NO9P. The van der Waals surface area contributed by atoms with Crippen molar-refractivity contribution in [3.63, 3.8) is 0 Å². The first-order valence-electron chi connectivity index (χ1n) is 21.3. The molecule has 2 N–H and O–H groups in total. The number of quaternary nitrogens is 1. The molecule has 0 rings (SSSR count). The van der Waals surface area contributed by atoms with Crippen molar-refractivity contribution in [2.45, 2.75) is 167 Å². The van der Waals surface area contributed by atoms with Crippen molar-refractivity contribution in [2.75, 3.05) is 47.5 Å². The summed E-state index contributed by atoms with van der Waals surface area (Å²) in [5, 5.41) is 20.2. The zero-order valence-corrected chi connectivity index (χ0v) is 36.2. The number of phosphoric acid groups is 1. The fourth-order valence-electron chi connectivity index (χ4n) is 5.43. The zero-order chi connectivity index (χ0) is 40.9. The third-order valence-corrected chi connectivity index (χ3v) is 9.81. The molecule has 0 aromatic heterocycles. The van der Waals surface area contributed by atoms with Crippen LogP contribution in [0.15, 0.2) is 60.9 Å². The Morgan fingerprint density at radius 1 is 0.691 bits per heavy atom. The number of hydrogen-bond donors (Lipinski definition) is 2. The van der Waals surface area contributed by atoms with Crippen molar-refractivity contribution in [1.29, 1.82) is 0 Å². The summed E-state index contributed by atoms with van der Waals surface area (Å²) in [6, 6.07) is 0. The van der Waals surface area contributed by atoms with Crippen LogP contribution in [-0.4, -0.2) is 86.5 Å². The number of ether oxygens (including phenoxy) is 2. The summed E-state index contributed by atoms with van der Waals surface area (Å²) < 4.78 is 34.1. The third-order valence-electron chi connectivity index (χ3n) is 8.84. The Bertz CT molecular complexity index is 1100. The molecular weight excluding hydrogens is 717 g/mol. The third kappa shape index (κ3) is 40.0. The number of nitrogens with zero attached hydrogens (tertiary/aromatic N) is 1. The van der Waals surface area contributed by atoms with Crippen molar-refractivity contribution >= 4 is 13.8 Å². The number of aliphatic hydroxyl groups excluding tert-OH is 2. The summed E-state index contributed by atoms with van der Waals surface area (Å²) in [6.07, 6.45) is 38.2. The summed E-state index contributed by atoms with van der Waals surface area (Å²) in [7, 11) is 1.17. The maximum atomic E-state index is 12.6. The largest absolute Gasteiger partial charge is 0.756 e. The van der Waals surface area contributed by atoms with Gasteiger partial charge in [-0.3, -0.25) is 9.36 Å². The number of esters is 1. The van der Waals surface area contributed by atoms with E-state index < -0.39 is 38.7 Å². The predicted molar refractivity (Wildman–Crippen MR) is 224 cm³/mol. The number of phosphoric ester groups is 1. The van der Waals surface area contributed by atoms with Gasteiger partial charge < -0.3 is 38.1 Å². The van der Waals surface area contributed by atoms with E-state index in [0.29, 0.717) is 23.9 Å². The SMILES string of the molecule is CCCCCCCCCCCCCC/C=C/OC[C@H](COP(=O)([O-])OCC[N+](C)(C)C)OC(=O)CCC[C@H](O)/C=C/C=C\C/C=C\C=C\[C@H](O)CCCCC. The fourth-order valence-corrected chi connectivity index (χ4v) is 6.16. The van der Waals surface area contributed by atoms with Crippen LogP contribution in [0.5, 0.6) is 0 Å². The van der Waals surface area contributed by atoms with Gasteiger partial charge in [-0.15, -0.1) is 0 Å². The highest BCUT2D eigenvalue weighted by atomic mass is 31.2. The average Bonchev–Trinajstić information content (AvgIpc) is 3.12. The molecule has 10 nitrogen and oxygen atoms in total. The number of hydrogen-bond acceptors (Lipinski definition) is 9. The Morgan fingerprint density at radius 3 is 1.78 bits per heavy atom. The summed E-state index contributed by atoms with van der Waals surface area (Å²) >= 11 is 0. The maximum Gasteiger partial charge on any atom is 0.306 e. The van der Waals surface area contributed by atoms with Crippen molar-refractivity contribution in [1.82, 2.24) is 0 Å². The lowest BCUT2D eigenvalue weighted by Crippen LogP contribution is -2.37. The van der Waals surface area contributed by atoms with Gasteiger partial charge in [0.25, 0.3) is 7.82 Å². The Balaban J connectivity index is 4.58. The smallest absolute Gasteiger partial charge is 0.306 e. The van der Waals surface area contributed by atoms with E-state index in [2.05, 4.69) is 13.8 Å². The molecule has 0 bridgehead atoms. The van der Waals surface area contributed by atoms with Crippen LogP contribution in [0.3, 0.4) is 0 Å². The van der Waals surface area contributed by atoms with E-state index in [4.69, 9.17) is 18.5 Å². The molecule has 55 heavy (non-hydrogen) atoms. The molecule has 4 atom stereocenters. The molecule has 0 radical (unpaired) electrons. The van der Waals surface area contributed by atoms with E-state index in [9.17, 15) is 24.5 Å². The van der Waals surface area contributed by atoms with Gasteiger partial charge in [0, 0.05) is 6.42 Å². The Kier molecular flexibility index (Phi) is 35.0. The molecule has 0 aliphatic heterocycles. The van der Waals surface area contributed by atoms with Crippen LogP contribution in [0.25, 0.3) is 0 Å². The maximum absolute atomic E-state index is 12.6. The highest BCUT2D eigenvalue weighted by molar-refractivity contribution is 7.45. The van der Waals surface area contributed by atoms with Crippen LogP contribution in [0.4, 0.5) is 0 Å². The van der Waals surface area contributed by atoms with Gasteiger partial charge in [0.05, 0.1) is 46.2 Å². The minimum absolute atomic E-state index is 0.0284. The molecule has 0 aromatic rings. The molecule has 0 fully saturated rings. The minimum Gasteiger partial charge on any atom is -0.756 e. The Morgan fingerprint density at radius 2 is 1.22 bits per heavy atom. The molecule has 0 saturated heterocycles. The van der Waals surface area contributed by atoms with Gasteiger partial charge in [-0.05, 0) is 44.6 Å². The summed E-state index contributed by atoms with van der Waals surface area (Å²) in [6.45, 7) is 4.35. The number of unbranched alkanes of at least 4 members (excludes halogenated alkanes) is 14. The van der Waals surface area contributed by atoms with E-state index in [-0.39, 0.29) is 19.6 Å². The lowest BCUT2D eigenvalue weighted by Gasteiger charge is -2.28. The molecule has 0 saturated carbocycles. The standard InChI is InChI=1S/C44H80NO9P/c1-6-8-10-11-12-13-14-15-16-17-18-22-25-29-37-51-39-43(40-53-55(49,50)52-38-36-45(3,4)5)54-44(48)35-30-34-42(47)33-28-24-21-19-20-23-27-32-41(46)31-26-9-7-2/h20-21,23-24,27-29,32-33,37,41-43,46-47H,6-19,22,25-26,30-31,34-36,38-40H2,1-5H3/b23-20-,24-21-,32-27+,33-28+,37-29+/t41-,42-,43-/m1/s1. The summed E-state index contributed by atoms with van der Waals surface area (Å²) in [5.74, 6) is -0.533. The number of carbonyl (C=O) groups is 1. The van der Waals surface area contributed by atoms with Crippen molar-refractivity contribution in [2.24, 2.45) is 0 Å². The van der Waals surface area contributed by atoms with Gasteiger partial charge in [0.2, 0.25) is 0 Å². The molecule has 320 valence electrons. The minimum atomic E-state index is -4.61. The molecule has 11 heteroatoms. The van der Waals surface area contributed by atoms with Crippen LogP contribution in [0, 0.1) is 0 Å². The molecule has 0 heterocycles. The first-order chi connectivity index (χ1) is 26.4. The first-order valence-corrected chi connectivity index (χ1v) is 22.7. The van der Waals surface area contributed by atoms with Crippen molar-refractivity contribution in [3.8, 4) is 0 Å². The molecule has 0 amide bonds. The molecule has 1 unspecified atom stereocenters. The lowest BCUT2D eigenvalue weighted by molar-refractivity contribution is -0.870. The van der Waals surface area contributed by atoms with E-state index in [1.807, 2.05) is 57.6 Å². The molecule has 0 aliphatic rings. The van der Waals surface area contributed by atoms with Gasteiger partial charge in [-0.1, -0.05) is 152 Å². The van der Waals surface area contributed by atoms with Crippen molar-refractivity contribution in [3.05, 3.63) is 60.9 Å². The fraction of sp³-hybridized carbons (Fsp3) is 0.750. The molecule has 0 spiro atoms. The van der Waals surface area contributed by atoms with Gasteiger partial charge in [-0.25, -0.2) is 0 Å². The first kappa shape index (κ1) is 53.0. The summed E-state index contributed by atoms with van der Waals surface area (Å²) in [4.78, 5) is 25.0. The highest BCUT2D eigenvalue weighted by Gasteiger charge is 2.20. The molecule has 0 aromatic carbocycles. The summed E-state index contributed by atoms with van der Waals surface area (Å²) in [5.41, 5.74) is 0. The normalized spacial score (nSPS) is 15.5. The number of likely N-dealkylation sites (N-methyl/N-ethyl adjacent to an activating group) is 1. The number of rotatable bonds is 38. The quantitative estimate of drug-likeness (QED) is 0.0156. The predicted octanol–water partition coefficient (Wildman–Crippen LogP) is 9.81. The van der Waals surface area contributed by atoms with Gasteiger partial charge in [0.1, 0.15) is 19.8 Å². The van der Waals surface area contributed by atoms with Crippen LogP contribution in [-0.2, 0) is 27.9 Å². The van der Waals surface area contributed by atoms with Gasteiger partial charge in [0.15, 0.2) is 6.10 Å².